The number of para-hydroxylation sites is 1. The van der Waals surface area contributed by atoms with Crippen LogP contribution in [0, 0.1) is 6.92 Å². The SMILES string of the molecule is Cc1ccc(-c2[nH]c3ccccc3c2C2c3ccccc3C(=O)N2CC(=O)NCc2ccccn2)cc1. The van der Waals surface area contributed by atoms with Gasteiger partial charge in [-0.2, -0.15) is 0 Å². The highest BCUT2D eigenvalue weighted by Gasteiger charge is 2.40. The summed E-state index contributed by atoms with van der Waals surface area (Å²) < 4.78 is 0. The topological polar surface area (TPSA) is 78.1 Å². The van der Waals surface area contributed by atoms with E-state index in [0.717, 1.165) is 39.0 Å². The Kier molecular flexibility index (Phi) is 5.77. The third-order valence-corrected chi connectivity index (χ3v) is 6.93. The first-order valence-electron chi connectivity index (χ1n) is 12.3. The quantitative estimate of drug-likeness (QED) is 0.337. The molecule has 0 spiro atoms. The van der Waals surface area contributed by atoms with E-state index < -0.39 is 6.04 Å². The van der Waals surface area contributed by atoms with Crippen LogP contribution in [0.4, 0.5) is 0 Å². The Morgan fingerprint density at radius 2 is 1.70 bits per heavy atom. The molecule has 0 saturated carbocycles. The van der Waals surface area contributed by atoms with Crippen molar-refractivity contribution in [2.75, 3.05) is 6.54 Å². The number of aryl methyl sites for hydroxylation is 1. The highest BCUT2D eigenvalue weighted by Crippen LogP contribution is 2.45. The van der Waals surface area contributed by atoms with E-state index in [1.807, 2.05) is 60.7 Å². The Hall–Kier alpha value is -4.71. The Labute approximate surface area is 215 Å². The molecule has 2 amide bonds. The van der Waals surface area contributed by atoms with E-state index in [9.17, 15) is 9.59 Å². The van der Waals surface area contributed by atoms with Gasteiger partial charge in [0.2, 0.25) is 5.91 Å². The zero-order chi connectivity index (χ0) is 25.4. The number of H-pyrrole nitrogens is 1. The number of aromatic amines is 1. The largest absolute Gasteiger partial charge is 0.354 e. The third-order valence-electron chi connectivity index (χ3n) is 6.93. The number of hydrogen-bond donors (Lipinski definition) is 2. The fourth-order valence-corrected chi connectivity index (χ4v) is 5.14. The molecule has 6 heteroatoms. The minimum absolute atomic E-state index is 0.0577. The van der Waals surface area contributed by atoms with Crippen LogP contribution in [0.3, 0.4) is 0 Å². The number of hydrogen-bond acceptors (Lipinski definition) is 3. The van der Waals surface area contributed by atoms with Crippen molar-refractivity contribution in [3.05, 3.63) is 125 Å². The third kappa shape index (κ3) is 4.16. The molecule has 0 fully saturated rings. The molecule has 1 unspecified atom stereocenters. The van der Waals surface area contributed by atoms with E-state index >= 15 is 0 Å². The van der Waals surface area contributed by atoms with Crippen molar-refractivity contribution in [2.24, 2.45) is 0 Å². The molecule has 2 aromatic heterocycles. The van der Waals surface area contributed by atoms with E-state index in [1.54, 1.807) is 11.1 Å². The van der Waals surface area contributed by atoms with Crippen LogP contribution in [-0.4, -0.2) is 33.2 Å². The monoisotopic (exact) mass is 486 g/mol. The van der Waals surface area contributed by atoms with Gasteiger partial charge in [-0.3, -0.25) is 14.6 Å². The second-order valence-corrected chi connectivity index (χ2v) is 9.35. The molecular weight excluding hydrogens is 460 g/mol. The fourth-order valence-electron chi connectivity index (χ4n) is 5.14. The van der Waals surface area contributed by atoms with Gasteiger partial charge in [0.15, 0.2) is 0 Å². The van der Waals surface area contributed by atoms with E-state index in [4.69, 9.17) is 0 Å². The Morgan fingerprint density at radius 1 is 0.946 bits per heavy atom. The maximum absolute atomic E-state index is 13.7. The summed E-state index contributed by atoms with van der Waals surface area (Å²) in [6, 6.07) is 29.3. The highest BCUT2D eigenvalue weighted by atomic mass is 16.2. The van der Waals surface area contributed by atoms with Gasteiger partial charge < -0.3 is 15.2 Å². The summed E-state index contributed by atoms with van der Waals surface area (Å²) in [7, 11) is 0. The molecule has 1 aliphatic heterocycles. The van der Waals surface area contributed by atoms with Crippen LogP contribution in [-0.2, 0) is 11.3 Å². The molecule has 37 heavy (non-hydrogen) atoms. The minimum atomic E-state index is -0.406. The zero-order valence-corrected chi connectivity index (χ0v) is 20.4. The number of fused-ring (bicyclic) bond motifs is 2. The van der Waals surface area contributed by atoms with Crippen molar-refractivity contribution in [3.63, 3.8) is 0 Å². The van der Waals surface area contributed by atoms with Gasteiger partial charge in [0.05, 0.1) is 24.0 Å². The molecule has 3 aromatic carbocycles. The number of carbonyl (C=O) groups excluding carboxylic acids is 2. The molecule has 3 heterocycles. The molecule has 0 aliphatic carbocycles. The summed E-state index contributed by atoms with van der Waals surface area (Å²) >= 11 is 0. The van der Waals surface area contributed by atoms with Crippen molar-refractivity contribution >= 4 is 22.7 Å². The van der Waals surface area contributed by atoms with Crippen LogP contribution in [0.1, 0.15) is 38.8 Å². The average Bonchev–Trinajstić information content (AvgIpc) is 3.43. The predicted molar refractivity (Wildman–Crippen MR) is 144 cm³/mol. The van der Waals surface area contributed by atoms with Gasteiger partial charge >= 0.3 is 0 Å². The summed E-state index contributed by atoms with van der Waals surface area (Å²) in [6.45, 7) is 2.31. The number of benzene rings is 3. The van der Waals surface area contributed by atoms with Gasteiger partial charge in [-0.1, -0.05) is 72.3 Å². The fraction of sp³-hybridized carbons (Fsp3) is 0.129. The number of carbonyl (C=O) groups is 2. The van der Waals surface area contributed by atoms with Crippen LogP contribution in [0.5, 0.6) is 0 Å². The number of nitrogens with one attached hydrogen (secondary N) is 2. The first-order chi connectivity index (χ1) is 18.1. The van der Waals surface area contributed by atoms with Crippen molar-refractivity contribution in [1.29, 1.82) is 0 Å². The molecule has 0 saturated heterocycles. The van der Waals surface area contributed by atoms with E-state index in [1.165, 1.54) is 5.56 Å². The molecule has 6 nitrogen and oxygen atoms in total. The van der Waals surface area contributed by atoms with Crippen LogP contribution < -0.4 is 5.32 Å². The Morgan fingerprint density at radius 3 is 2.51 bits per heavy atom. The first-order valence-corrected chi connectivity index (χ1v) is 12.3. The molecule has 0 radical (unpaired) electrons. The van der Waals surface area contributed by atoms with Gasteiger partial charge in [0.1, 0.15) is 6.54 Å². The van der Waals surface area contributed by atoms with Crippen LogP contribution in [0.25, 0.3) is 22.2 Å². The maximum atomic E-state index is 13.7. The average molecular weight is 487 g/mol. The normalized spacial score (nSPS) is 14.7. The Bertz CT molecular complexity index is 1610. The molecular formula is C31H26N4O2. The number of aromatic nitrogens is 2. The summed E-state index contributed by atoms with van der Waals surface area (Å²) in [6.07, 6.45) is 1.70. The van der Waals surface area contributed by atoms with Crippen LogP contribution in [0.2, 0.25) is 0 Å². The molecule has 0 bridgehead atoms. The lowest BCUT2D eigenvalue weighted by molar-refractivity contribution is -0.122. The minimum Gasteiger partial charge on any atom is -0.354 e. The molecule has 182 valence electrons. The number of amides is 2. The number of rotatable bonds is 6. The van der Waals surface area contributed by atoms with Crippen LogP contribution >= 0.6 is 0 Å². The van der Waals surface area contributed by atoms with Gasteiger partial charge in [0.25, 0.3) is 5.91 Å². The first kappa shape index (κ1) is 22.7. The lowest BCUT2D eigenvalue weighted by Crippen LogP contribution is -2.39. The summed E-state index contributed by atoms with van der Waals surface area (Å²) in [4.78, 5) is 36.3. The standard InChI is InChI=1S/C31H26N4O2/c1-20-13-15-21(16-14-20)29-28(25-11-4-5-12-26(25)34-29)30-23-9-2-3-10-24(23)31(37)35(30)19-27(36)33-18-22-8-6-7-17-32-22/h2-17,30,34H,18-19H2,1H3,(H,33,36). The zero-order valence-electron chi connectivity index (χ0n) is 20.4. The lowest BCUT2D eigenvalue weighted by atomic mass is 9.93. The van der Waals surface area contributed by atoms with Gasteiger partial charge in [0, 0.05) is 28.2 Å². The van der Waals surface area contributed by atoms with E-state index in [0.29, 0.717) is 12.1 Å². The van der Waals surface area contributed by atoms with Gasteiger partial charge in [-0.05, 0) is 42.3 Å². The maximum Gasteiger partial charge on any atom is 0.255 e. The second kappa shape index (κ2) is 9.39. The summed E-state index contributed by atoms with van der Waals surface area (Å²) in [5, 5.41) is 3.96. The van der Waals surface area contributed by atoms with Gasteiger partial charge in [-0.25, -0.2) is 0 Å². The van der Waals surface area contributed by atoms with Crippen molar-refractivity contribution in [1.82, 2.24) is 20.2 Å². The number of nitrogens with zero attached hydrogens (tertiary/aromatic N) is 2. The van der Waals surface area contributed by atoms with Crippen molar-refractivity contribution < 1.29 is 9.59 Å². The number of pyridine rings is 1. The summed E-state index contributed by atoms with van der Waals surface area (Å²) in [5.41, 5.74) is 7.45. The van der Waals surface area contributed by atoms with Crippen LogP contribution in [0.15, 0.2) is 97.2 Å². The van der Waals surface area contributed by atoms with Crippen molar-refractivity contribution in [3.8, 4) is 11.3 Å². The van der Waals surface area contributed by atoms with Crippen molar-refractivity contribution in [2.45, 2.75) is 19.5 Å². The smallest absolute Gasteiger partial charge is 0.255 e. The van der Waals surface area contributed by atoms with E-state index in [2.05, 4.69) is 52.5 Å². The van der Waals surface area contributed by atoms with E-state index in [-0.39, 0.29) is 18.4 Å². The highest BCUT2D eigenvalue weighted by molar-refractivity contribution is 6.03. The Balaban J connectivity index is 1.43. The molecule has 5 aromatic rings. The molecule has 6 rings (SSSR count). The van der Waals surface area contributed by atoms with Gasteiger partial charge in [-0.15, -0.1) is 0 Å². The lowest BCUT2D eigenvalue weighted by Gasteiger charge is -2.26. The molecule has 1 aliphatic rings. The predicted octanol–water partition coefficient (Wildman–Crippen LogP) is 5.40. The molecule has 1 atom stereocenters. The second-order valence-electron chi connectivity index (χ2n) is 9.35. The molecule has 2 N–H and O–H groups in total. The summed E-state index contributed by atoms with van der Waals surface area (Å²) in [5.74, 6) is -0.373.